The van der Waals surface area contributed by atoms with Gasteiger partial charge in [-0.05, 0) is 24.1 Å². The van der Waals surface area contributed by atoms with Crippen molar-refractivity contribution in [2.24, 2.45) is 0 Å². The van der Waals surface area contributed by atoms with Crippen molar-refractivity contribution >= 4 is 29.7 Å². The molecule has 1 aliphatic rings. The third-order valence-corrected chi connectivity index (χ3v) is 3.87. The quantitative estimate of drug-likeness (QED) is 0.748. The predicted octanol–water partition coefficient (Wildman–Crippen LogP) is 3.01. The highest BCUT2D eigenvalue weighted by atomic mass is 35.5. The second-order valence-corrected chi connectivity index (χ2v) is 5.56. The minimum atomic E-state index is -0.146. The molecule has 0 radical (unpaired) electrons. The molecule has 2 aromatic rings. The van der Waals surface area contributed by atoms with Gasteiger partial charge < -0.3 is 30.0 Å². The van der Waals surface area contributed by atoms with Crippen LogP contribution in [-0.2, 0) is 11.2 Å². The van der Waals surface area contributed by atoms with Crippen LogP contribution in [0.25, 0.3) is 0 Å². The molecule has 1 heterocycles. The molecule has 0 atom stereocenters. The second kappa shape index (κ2) is 8.53. The maximum atomic E-state index is 12.2. The van der Waals surface area contributed by atoms with Gasteiger partial charge in [0.15, 0.2) is 11.5 Å². The van der Waals surface area contributed by atoms with E-state index in [1.54, 1.807) is 32.4 Å². The number of carbonyl (C=O) groups is 1. The van der Waals surface area contributed by atoms with Crippen molar-refractivity contribution in [3.05, 3.63) is 35.9 Å². The maximum absolute atomic E-state index is 12.2. The van der Waals surface area contributed by atoms with Crippen LogP contribution in [0.1, 0.15) is 12.0 Å². The van der Waals surface area contributed by atoms with Gasteiger partial charge in [0.05, 0.1) is 25.6 Å². The number of nitrogens with two attached hydrogens (primary N) is 1. The molecule has 1 amide bonds. The SMILES string of the molecule is COc1cc(CCC(=O)Nc2cc3c(cc2N)OCO3)cc(OC)c1.Cl. The van der Waals surface area contributed by atoms with Crippen molar-refractivity contribution in [2.45, 2.75) is 12.8 Å². The summed E-state index contributed by atoms with van der Waals surface area (Å²) < 4.78 is 21.0. The van der Waals surface area contributed by atoms with Crippen molar-refractivity contribution in [3.8, 4) is 23.0 Å². The predicted molar refractivity (Wildman–Crippen MR) is 101 cm³/mol. The first-order valence-electron chi connectivity index (χ1n) is 7.80. The van der Waals surface area contributed by atoms with E-state index in [2.05, 4.69) is 5.32 Å². The molecule has 2 aromatic carbocycles. The minimum Gasteiger partial charge on any atom is -0.497 e. The summed E-state index contributed by atoms with van der Waals surface area (Å²) in [5.41, 5.74) is 7.83. The molecule has 8 heteroatoms. The molecule has 7 nitrogen and oxygen atoms in total. The fourth-order valence-electron chi connectivity index (χ4n) is 2.55. The minimum absolute atomic E-state index is 0. The van der Waals surface area contributed by atoms with Gasteiger partial charge in [0.2, 0.25) is 12.7 Å². The molecule has 1 aliphatic heterocycles. The Labute approximate surface area is 157 Å². The standard InChI is InChI=1S/C18H20N2O5.ClH/c1-22-12-5-11(6-13(7-12)23-2)3-4-18(21)20-15-9-17-16(8-14(15)19)24-10-25-17;/h5-9H,3-4,10,19H2,1-2H3,(H,20,21);1H. The number of carbonyl (C=O) groups excluding carboxylic acids is 1. The summed E-state index contributed by atoms with van der Waals surface area (Å²) in [4.78, 5) is 12.2. The van der Waals surface area contributed by atoms with E-state index < -0.39 is 0 Å². The number of benzene rings is 2. The number of nitrogen functional groups attached to an aromatic ring is 1. The Balaban J connectivity index is 0.00000243. The first kappa shape index (κ1) is 19.5. The summed E-state index contributed by atoms with van der Waals surface area (Å²) in [6, 6.07) is 8.86. The van der Waals surface area contributed by atoms with Crippen LogP contribution in [0.3, 0.4) is 0 Å². The van der Waals surface area contributed by atoms with Gasteiger partial charge in [0.1, 0.15) is 11.5 Å². The highest BCUT2D eigenvalue weighted by Gasteiger charge is 2.17. The van der Waals surface area contributed by atoms with Gasteiger partial charge in [-0.3, -0.25) is 4.79 Å². The lowest BCUT2D eigenvalue weighted by Crippen LogP contribution is -2.13. The molecule has 0 bridgehead atoms. The van der Waals surface area contributed by atoms with Gasteiger partial charge in [-0.25, -0.2) is 0 Å². The van der Waals surface area contributed by atoms with Gasteiger partial charge in [0.25, 0.3) is 0 Å². The molecule has 0 aliphatic carbocycles. The van der Waals surface area contributed by atoms with E-state index in [4.69, 9.17) is 24.7 Å². The molecule has 3 N–H and O–H groups in total. The number of nitrogens with one attached hydrogen (secondary N) is 1. The first-order valence-corrected chi connectivity index (χ1v) is 7.80. The van der Waals surface area contributed by atoms with Crippen LogP contribution >= 0.6 is 12.4 Å². The van der Waals surface area contributed by atoms with E-state index in [1.807, 2.05) is 12.1 Å². The number of methoxy groups -OCH3 is 2. The van der Waals surface area contributed by atoms with Gasteiger partial charge in [0, 0.05) is 24.6 Å². The third-order valence-electron chi connectivity index (χ3n) is 3.87. The van der Waals surface area contributed by atoms with Crippen LogP contribution in [-0.4, -0.2) is 26.9 Å². The van der Waals surface area contributed by atoms with Gasteiger partial charge in [-0.15, -0.1) is 12.4 Å². The Morgan fingerprint density at radius 3 is 2.31 bits per heavy atom. The van der Waals surface area contributed by atoms with Crippen LogP contribution in [0.5, 0.6) is 23.0 Å². The Bertz CT molecular complexity index is 775. The van der Waals surface area contributed by atoms with Crippen molar-refractivity contribution in [1.29, 1.82) is 0 Å². The van der Waals surface area contributed by atoms with E-state index in [-0.39, 0.29) is 25.1 Å². The first-order chi connectivity index (χ1) is 12.1. The maximum Gasteiger partial charge on any atom is 0.231 e. The van der Waals surface area contributed by atoms with Gasteiger partial charge >= 0.3 is 0 Å². The highest BCUT2D eigenvalue weighted by Crippen LogP contribution is 2.38. The lowest BCUT2D eigenvalue weighted by molar-refractivity contribution is -0.116. The molecule has 3 rings (SSSR count). The highest BCUT2D eigenvalue weighted by molar-refractivity contribution is 5.94. The summed E-state index contributed by atoms with van der Waals surface area (Å²) in [7, 11) is 3.18. The smallest absolute Gasteiger partial charge is 0.231 e. The number of hydrogen-bond acceptors (Lipinski definition) is 6. The number of fused-ring (bicyclic) bond motifs is 1. The van der Waals surface area contributed by atoms with E-state index in [0.717, 1.165) is 5.56 Å². The fraction of sp³-hybridized carbons (Fsp3) is 0.278. The third kappa shape index (κ3) is 4.43. The lowest BCUT2D eigenvalue weighted by atomic mass is 10.1. The molecular formula is C18H21ClN2O5. The average Bonchev–Trinajstić information content (AvgIpc) is 3.07. The van der Waals surface area contributed by atoms with E-state index >= 15 is 0 Å². The largest absolute Gasteiger partial charge is 0.497 e. The number of halogens is 1. The molecular weight excluding hydrogens is 360 g/mol. The summed E-state index contributed by atoms with van der Waals surface area (Å²) >= 11 is 0. The number of aryl methyl sites for hydroxylation is 1. The van der Waals surface area contributed by atoms with Crippen molar-refractivity contribution < 1.29 is 23.7 Å². The Morgan fingerprint density at radius 1 is 1.08 bits per heavy atom. The normalized spacial score (nSPS) is 11.5. The second-order valence-electron chi connectivity index (χ2n) is 5.56. The number of hydrogen-bond donors (Lipinski definition) is 2. The zero-order valence-corrected chi connectivity index (χ0v) is 15.4. The summed E-state index contributed by atoms with van der Waals surface area (Å²) in [6.07, 6.45) is 0.841. The van der Waals surface area contributed by atoms with Crippen molar-refractivity contribution in [1.82, 2.24) is 0 Å². The molecule has 0 spiro atoms. The monoisotopic (exact) mass is 380 g/mol. The number of ether oxygens (including phenoxy) is 4. The van der Waals surface area contributed by atoms with E-state index in [1.165, 1.54) is 0 Å². The Hall–Kier alpha value is -2.80. The Kier molecular flexibility index (Phi) is 6.41. The molecule has 140 valence electrons. The van der Waals surface area contributed by atoms with E-state index in [0.29, 0.717) is 47.2 Å². The van der Waals surface area contributed by atoms with Crippen LogP contribution in [0.4, 0.5) is 11.4 Å². The number of anilines is 2. The van der Waals surface area contributed by atoms with Crippen molar-refractivity contribution in [2.75, 3.05) is 32.1 Å². The van der Waals surface area contributed by atoms with Gasteiger partial charge in [-0.2, -0.15) is 0 Å². The molecule has 0 unspecified atom stereocenters. The van der Waals surface area contributed by atoms with Crippen molar-refractivity contribution in [3.63, 3.8) is 0 Å². The Morgan fingerprint density at radius 2 is 1.69 bits per heavy atom. The van der Waals surface area contributed by atoms with Crippen LogP contribution in [0, 0.1) is 0 Å². The summed E-state index contributed by atoms with van der Waals surface area (Å²) in [5, 5.41) is 2.81. The van der Waals surface area contributed by atoms with Gasteiger partial charge in [-0.1, -0.05) is 0 Å². The van der Waals surface area contributed by atoms with E-state index in [9.17, 15) is 4.79 Å². The zero-order chi connectivity index (χ0) is 17.8. The summed E-state index contributed by atoms with van der Waals surface area (Å²) in [5.74, 6) is 2.39. The summed E-state index contributed by atoms with van der Waals surface area (Å²) in [6.45, 7) is 0.157. The fourth-order valence-corrected chi connectivity index (χ4v) is 2.55. The molecule has 0 saturated carbocycles. The van der Waals surface area contributed by atoms with Crippen LogP contribution < -0.4 is 30.0 Å². The topological polar surface area (TPSA) is 92.0 Å². The molecule has 0 aromatic heterocycles. The number of amides is 1. The molecule has 26 heavy (non-hydrogen) atoms. The lowest BCUT2D eigenvalue weighted by Gasteiger charge is -2.10. The average molecular weight is 381 g/mol. The molecule has 0 fully saturated rings. The van der Waals surface area contributed by atoms with Crippen LogP contribution in [0.15, 0.2) is 30.3 Å². The number of rotatable bonds is 6. The zero-order valence-electron chi connectivity index (χ0n) is 14.5. The van der Waals surface area contributed by atoms with Crippen LogP contribution in [0.2, 0.25) is 0 Å². The molecule has 0 saturated heterocycles.